The first-order valence-corrected chi connectivity index (χ1v) is 5.60. The van der Waals surface area contributed by atoms with Gasteiger partial charge in [0.1, 0.15) is 0 Å². The lowest BCUT2D eigenvalue weighted by Crippen LogP contribution is -2.41. The van der Waals surface area contributed by atoms with Crippen molar-refractivity contribution in [2.45, 2.75) is 25.4 Å². The van der Waals surface area contributed by atoms with Crippen molar-refractivity contribution in [2.75, 3.05) is 20.1 Å². The van der Waals surface area contributed by atoms with E-state index in [2.05, 4.69) is 36.2 Å². The zero-order chi connectivity index (χ0) is 10.8. The number of likely N-dealkylation sites (tertiary alicyclic amines) is 1. The first kappa shape index (κ1) is 10.7. The minimum absolute atomic E-state index is 0.246. The van der Waals surface area contributed by atoms with E-state index in [4.69, 9.17) is 0 Å². The van der Waals surface area contributed by atoms with Crippen LogP contribution in [0.3, 0.4) is 0 Å². The number of benzene rings is 1. The van der Waals surface area contributed by atoms with Gasteiger partial charge < -0.3 is 10.0 Å². The third-order valence-electron chi connectivity index (χ3n) is 3.02. The summed E-state index contributed by atoms with van der Waals surface area (Å²) in [6.07, 6.45) is 0.514. The molecule has 2 nitrogen and oxygen atoms in total. The van der Waals surface area contributed by atoms with E-state index in [9.17, 15) is 5.11 Å². The maximum atomic E-state index is 9.34. The third-order valence-corrected chi connectivity index (χ3v) is 3.02. The molecule has 2 rings (SSSR count). The van der Waals surface area contributed by atoms with E-state index in [1.807, 2.05) is 6.92 Å². The first-order chi connectivity index (χ1) is 7.15. The van der Waals surface area contributed by atoms with Gasteiger partial charge >= 0.3 is 0 Å². The van der Waals surface area contributed by atoms with Gasteiger partial charge in [-0.05, 0) is 31.5 Å². The van der Waals surface area contributed by atoms with E-state index < -0.39 is 0 Å². The minimum Gasteiger partial charge on any atom is -0.393 e. The number of likely N-dealkylation sites (N-methyl/N-ethyl adjacent to an activating group) is 1. The molecule has 0 aliphatic carbocycles. The van der Waals surface area contributed by atoms with E-state index in [0.29, 0.717) is 5.92 Å². The molecule has 0 spiro atoms. The van der Waals surface area contributed by atoms with Crippen LogP contribution in [0.25, 0.3) is 0 Å². The van der Waals surface area contributed by atoms with Crippen molar-refractivity contribution in [1.82, 2.24) is 4.90 Å². The number of aliphatic hydroxyl groups is 1. The van der Waals surface area contributed by atoms with Crippen LogP contribution in [0.2, 0.25) is 0 Å². The third kappa shape index (κ3) is 2.58. The van der Waals surface area contributed by atoms with Crippen LogP contribution in [0.4, 0.5) is 0 Å². The molecule has 0 saturated carbocycles. The number of rotatable bonds is 3. The lowest BCUT2D eigenvalue weighted by Gasteiger charge is -2.36. The van der Waals surface area contributed by atoms with Crippen molar-refractivity contribution < 1.29 is 5.11 Å². The molecular weight excluding hydrogens is 186 g/mol. The molecule has 1 N–H and O–H groups in total. The van der Waals surface area contributed by atoms with Crippen LogP contribution < -0.4 is 0 Å². The maximum Gasteiger partial charge on any atom is 0.0552 e. The molecular formula is C13H19NO. The predicted molar refractivity (Wildman–Crippen MR) is 62.1 cm³/mol. The molecule has 0 radical (unpaired) electrons. The van der Waals surface area contributed by atoms with Crippen molar-refractivity contribution in [3.8, 4) is 0 Å². The fourth-order valence-electron chi connectivity index (χ4n) is 2.22. The summed E-state index contributed by atoms with van der Waals surface area (Å²) in [4.78, 5) is 2.33. The quantitative estimate of drug-likeness (QED) is 0.811. The molecule has 1 fully saturated rings. The molecule has 1 aliphatic heterocycles. The summed E-state index contributed by atoms with van der Waals surface area (Å²) in [6, 6.07) is 8.64. The van der Waals surface area contributed by atoms with Gasteiger partial charge in [-0.25, -0.2) is 0 Å². The van der Waals surface area contributed by atoms with Gasteiger partial charge in [-0.2, -0.15) is 0 Å². The Kier molecular flexibility index (Phi) is 3.08. The highest BCUT2D eigenvalue weighted by Crippen LogP contribution is 2.26. The number of aliphatic hydroxyl groups excluding tert-OH is 1. The largest absolute Gasteiger partial charge is 0.393 e. The van der Waals surface area contributed by atoms with E-state index >= 15 is 0 Å². The maximum absolute atomic E-state index is 9.34. The van der Waals surface area contributed by atoms with E-state index in [0.717, 1.165) is 19.5 Å². The fourth-order valence-corrected chi connectivity index (χ4v) is 2.22. The Morgan fingerprint density at radius 3 is 2.80 bits per heavy atom. The van der Waals surface area contributed by atoms with E-state index in [1.165, 1.54) is 11.1 Å². The standard InChI is InChI=1S/C13H19NO/c1-10(15)6-11-4-3-5-12(7-11)13-8-14(2)9-13/h3-5,7,10,13,15H,6,8-9H2,1-2H3. The summed E-state index contributed by atoms with van der Waals surface area (Å²) in [6.45, 7) is 4.17. The highest BCUT2D eigenvalue weighted by atomic mass is 16.3. The molecule has 0 aromatic heterocycles. The molecule has 15 heavy (non-hydrogen) atoms. The summed E-state index contributed by atoms with van der Waals surface area (Å²) in [5.41, 5.74) is 2.67. The Morgan fingerprint density at radius 1 is 1.47 bits per heavy atom. The molecule has 1 heterocycles. The molecule has 0 bridgehead atoms. The van der Waals surface area contributed by atoms with Crippen molar-refractivity contribution in [2.24, 2.45) is 0 Å². The molecule has 82 valence electrons. The normalized spacial score (nSPS) is 19.9. The van der Waals surface area contributed by atoms with Crippen LogP contribution in [0, 0.1) is 0 Å². The fraction of sp³-hybridized carbons (Fsp3) is 0.538. The van der Waals surface area contributed by atoms with Crippen LogP contribution in [-0.4, -0.2) is 36.2 Å². The predicted octanol–water partition coefficient (Wildman–Crippen LogP) is 1.64. The van der Waals surface area contributed by atoms with Crippen LogP contribution >= 0.6 is 0 Å². The number of hydrogen-bond acceptors (Lipinski definition) is 2. The summed E-state index contributed by atoms with van der Waals surface area (Å²) in [5, 5.41) is 9.34. The average Bonchev–Trinajstić information content (AvgIpc) is 2.12. The number of nitrogens with zero attached hydrogens (tertiary/aromatic N) is 1. The SMILES string of the molecule is CC(O)Cc1cccc(C2CN(C)C2)c1. The Balaban J connectivity index is 2.06. The van der Waals surface area contributed by atoms with Gasteiger partial charge in [0.25, 0.3) is 0 Å². The zero-order valence-electron chi connectivity index (χ0n) is 9.48. The monoisotopic (exact) mass is 205 g/mol. The zero-order valence-corrected chi connectivity index (χ0v) is 9.48. The second-order valence-electron chi connectivity index (χ2n) is 4.72. The summed E-state index contributed by atoms with van der Waals surface area (Å²) >= 11 is 0. The highest BCUT2D eigenvalue weighted by molar-refractivity contribution is 5.28. The Morgan fingerprint density at radius 2 is 2.20 bits per heavy atom. The van der Waals surface area contributed by atoms with Gasteiger partial charge in [0.15, 0.2) is 0 Å². The lowest BCUT2D eigenvalue weighted by atomic mass is 9.90. The second-order valence-corrected chi connectivity index (χ2v) is 4.72. The molecule has 1 saturated heterocycles. The van der Waals surface area contributed by atoms with E-state index in [1.54, 1.807) is 0 Å². The summed E-state index contributed by atoms with van der Waals surface area (Å²) < 4.78 is 0. The van der Waals surface area contributed by atoms with Crippen LogP contribution in [-0.2, 0) is 6.42 Å². The van der Waals surface area contributed by atoms with Crippen molar-refractivity contribution in [1.29, 1.82) is 0 Å². The average molecular weight is 205 g/mol. The van der Waals surface area contributed by atoms with Gasteiger partial charge in [0.2, 0.25) is 0 Å². The molecule has 1 aliphatic rings. The second kappa shape index (κ2) is 4.33. The Bertz CT molecular complexity index is 329. The van der Waals surface area contributed by atoms with Crippen LogP contribution in [0.15, 0.2) is 24.3 Å². The summed E-state index contributed by atoms with van der Waals surface area (Å²) in [7, 11) is 2.15. The van der Waals surface area contributed by atoms with Gasteiger partial charge in [-0.3, -0.25) is 0 Å². The molecule has 1 atom stereocenters. The molecule has 1 unspecified atom stereocenters. The van der Waals surface area contributed by atoms with Gasteiger partial charge in [0.05, 0.1) is 6.10 Å². The molecule has 2 heteroatoms. The topological polar surface area (TPSA) is 23.5 Å². The molecule has 0 amide bonds. The Labute approximate surface area is 91.5 Å². The van der Waals surface area contributed by atoms with Crippen molar-refractivity contribution in [3.63, 3.8) is 0 Å². The minimum atomic E-state index is -0.246. The Hall–Kier alpha value is -0.860. The smallest absolute Gasteiger partial charge is 0.0552 e. The summed E-state index contributed by atoms with van der Waals surface area (Å²) in [5.74, 6) is 0.698. The van der Waals surface area contributed by atoms with Gasteiger partial charge in [-0.1, -0.05) is 24.3 Å². The molecule has 1 aromatic carbocycles. The highest BCUT2D eigenvalue weighted by Gasteiger charge is 2.24. The first-order valence-electron chi connectivity index (χ1n) is 5.60. The lowest BCUT2D eigenvalue weighted by molar-refractivity contribution is 0.188. The van der Waals surface area contributed by atoms with Crippen molar-refractivity contribution in [3.05, 3.63) is 35.4 Å². The molecule has 1 aromatic rings. The van der Waals surface area contributed by atoms with Crippen LogP contribution in [0.1, 0.15) is 24.0 Å². The van der Waals surface area contributed by atoms with Crippen molar-refractivity contribution >= 4 is 0 Å². The number of hydrogen-bond donors (Lipinski definition) is 1. The van der Waals surface area contributed by atoms with Gasteiger partial charge in [-0.15, -0.1) is 0 Å². The van der Waals surface area contributed by atoms with Gasteiger partial charge in [0, 0.05) is 19.0 Å². The van der Waals surface area contributed by atoms with Crippen LogP contribution in [0.5, 0.6) is 0 Å². The van der Waals surface area contributed by atoms with E-state index in [-0.39, 0.29) is 6.10 Å².